The highest BCUT2D eigenvalue weighted by atomic mass is 35.5. The Morgan fingerprint density at radius 1 is 1.07 bits per heavy atom. The minimum absolute atomic E-state index is 0.0733. The van der Waals surface area contributed by atoms with Crippen molar-refractivity contribution in [3.05, 3.63) is 65.2 Å². The predicted molar refractivity (Wildman–Crippen MR) is 108 cm³/mol. The van der Waals surface area contributed by atoms with E-state index in [2.05, 4.69) is 5.32 Å². The maximum absolute atomic E-state index is 12.4. The number of hydrogen-bond donors (Lipinski definition) is 1. The second-order valence-corrected chi connectivity index (χ2v) is 6.40. The van der Waals surface area contributed by atoms with Crippen LogP contribution in [-0.4, -0.2) is 37.5 Å². The molecule has 29 heavy (non-hydrogen) atoms. The van der Waals surface area contributed by atoms with Gasteiger partial charge in [-0.1, -0.05) is 29.8 Å². The molecule has 0 heterocycles. The topological polar surface area (TPSA) is 99.5 Å². The molecule has 0 aliphatic rings. The highest BCUT2D eigenvalue weighted by Gasteiger charge is 2.17. The first kappa shape index (κ1) is 21.9. The molecule has 0 spiro atoms. The summed E-state index contributed by atoms with van der Waals surface area (Å²) in [6.07, 6.45) is 0.0848. The van der Waals surface area contributed by atoms with Gasteiger partial charge in [0.25, 0.3) is 11.8 Å². The SMILES string of the molecule is N#CCCN(C(=O)COC(=O)CCNC(=O)c1ccc(Cl)cc1)c1ccccc1. The van der Waals surface area contributed by atoms with Crippen molar-refractivity contribution in [2.24, 2.45) is 0 Å². The third kappa shape index (κ3) is 7.28. The normalized spacial score (nSPS) is 9.93. The smallest absolute Gasteiger partial charge is 0.308 e. The fourth-order valence-corrected chi connectivity index (χ4v) is 2.57. The Morgan fingerprint density at radius 3 is 2.41 bits per heavy atom. The van der Waals surface area contributed by atoms with E-state index in [1.807, 2.05) is 12.1 Å². The number of hydrogen-bond acceptors (Lipinski definition) is 5. The molecule has 7 nitrogen and oxygen atoms in total. The lowest BCUT2D eigenvalue weighted by Crippen LogP contribution is -2.35. The Labute approximate surface area is 173 Å². The van der Waals surface area contributed by atoms with Gasteiger partial charge in [0.2, 0.25) is 0 Å². The second-order valence-electron chi connectivity index (χ2n) is 5.96. The molecule has 0 aliphatic heterocycles. The molecular weight excluding hydrogens is 394 g/mol. The monoisotopic (exact) mass is 413 g/mol. The molecule has 150 valence electrons. The maximum atomic E-state index is 12.4. The van der Waals surface area contributed by atoms with Crippen molar-refractivity contribution in [3.63, 3.8) is 0 Å². The summed E-state index contributed by atoms with van der Waals surface area (Å²) in [6, 6.07) is 17.2. The van der Waals surface area contributed by atoms with Crippen LogP contribution in [-0.2, 0) is 14.3 Å². The number of nitrogens with zero attached hydrogens (tertiary/aromatic N) is 2. The summed E-state index contributed by atoms with van der Waals surface area (Å²) in [5.41, 5.74) is 1.05. The van der Waals surface area contributed by atoms with Crippen LogP contribution >= 0.6 is 11.6 Å². The first-order chi connectivity index (χ1) is 14.0. The Kier molecular flexibility index (Phi) is 8.67. The van der Waals surface area contributed by atoms with Crippen molar-refractivity contribution in [1.29, 1.82) is 5.26 Å². The molecule has 0 fully saturated rings. The number of nitriles is 1. The van der Waals surface area contributed by atoms with Crippen LogP contribution in [0.5, 0.6) is 0 Å². The number of amides is 2. The average Bonchev–Trinajstić information content (AvgIpc) is 2.73. The predicted octanol–water partition coefficient (Wildman–Crippen LogP) is 2.95. The summed E-state index contributed by atoms with van der Waals surface area (Å²) in [6.45, 7) is -0.163. The Balaban J connectivity index is 1.78. The molecule has 2 amide bonds. The Bertz CT molecular complexity index is 879. The van der Waals surface area contributed by atoms with Gasteiger partial charge in [0.1, 0.15) is 0 Å². The van der Waals surface area contributed by atoms with Crippen LogP contribution < -0.4 is 10.2 Å². The maximum Gasteiger partial charge on any atom is 0.308 e. The number of esters is 1. The van der Waals surface area contributed by atoms with E-state index in [0.29, 0.717) is 16.3 Å². The lowest BCUT2D eigenvalue weighted by atomic mass is 10.2. The highest BCUT2D eigenvalue weighted by Crippen LogP contribution is 2.14. The molecule has 2 aromatic rings. The van der Waals surface area contributed by atoms with Crippen LogP contribution in [0.15, 0.2) is 54.6 Å². The third-order valence-electron chi connectivity index (χ3n) is 3.89. The Hall–Kier alpha value is -3.37. The first-order valence-corrected chi connectivity index (χ1v) is 9.31. The molecule has 0 radical (unpaired) electrons. The first-order valence-electron chi connectivity index (χ1n) is 8.93. The number of para-hydroxylation sites is 1. The van der Waals surface area contributed by atoms with Gasteiger partial charge in [-0.3, -0.25) is 14.4 Å². The fourth-order valence-electron chi connectivity index (χ4n) is 2.44. The minimum Gasteiger partial charge on any atom is -0.455 e. The van der Waals surface area contributed by atoms with E-state index in [4.69, 9.17) is 21.6 Å². The minimum atomic E-state index is -0.608. The molecule has 2 aromatic carbocycles. The molecule has 0 saturated heterocycles. The molecule has 0 atom stereocenters. The van der Waals surface area contributed by atoms with Gasteiger partial charge in [0, 0.05) is 29.4 Å². The highest BCUT2D eigenvalue weighted by molar-refractivity contribution is 6.30. The van der Waals surface area contributed by atoms with Gasteiger partial charge in [-0.15, -0.1) is 0 Å². The van der Waals surface area contributed by atoms with Crippen molar-refractivity contribution in [2.75, 3.05) is 24.6 Å². The fraction of sp³-hybridized carbons (Fsp3) is 0.238. The quantitative estimate of drug-likeness (QED) is 0.637. The van der Waals surface area contributed by atoms with Gasteiger partial charge >= 0.3 is 5.97 Å². The molecule has 1 N–H and O–H groups in total. The number of carbonyl (C=O) groups is 3. The number of nitrogens with one attached hydrogen (secondary N) is 1. The van der Waals surface area contributed by atoms with E-state index in [1.165, 1.54) is 4.90 Å². The number of ether oxygens (including phenoxy) is 1. The molecule has 0 unspecified atom stereocenters. The van der Waals surface area contributed by atoms with E-state index >= 15 is 0 Å². The third-order valence-corrected chi connectivity index (χ3v) is 4.15. The molecule has 8 heteroatoms. The number of anilines is 1. The van der Waals surface area contributed by atoms with Crippen molar-refractivity contribution in [3.8, 4) is 6.07 Å². The molecule has 0 bridgehead atoms. The van der Waals surface area contributed by atoms with Gasteiger partial charge in [-0.05, 0) is 36.4 Å². The summed E-state index contributed by atoms with van der Waals surface area (Å²) in [5, 5.41) is 11.9. The molecular formula is C21H20ClN3O4. The van der Waals surface area contributed by atoms with Crippen LogP contribution in [0.25, 0.3) is 0 Å². The largest absolute Gasteiger partial charge is 0.455 e. The summed E-state index contributed by atoms with van der Waals surface area (Å²) in [7, 11) is 0. The van der Waals surface area contributed by atoms with Gasteiger partial charge in [-0.25, -0.2) is 0 Å². The van der Waals surface area contributed by atoms with Crippen molar-refractivity contribution in [2.45, 2.75) is 12.8 Å². The average molecular weight is 414 g/mol. The molecule has 2 rings (SSSR count). The van der Waals surface area contributed by atoms with Crippen molar-refractivity contribution in [1.82, 2.24) is 5.32 Å². The number of benzene rings is 2. The van der Waals surface area contributed by atoms with Gasteiger partial charge in [0.15, 0.2) is 6.61 Å². The zero-order chi connectivity index (χ0) is 21.1. The van der Waals surface area contributed by atoms with E-state index in [-0.39, 0.29) is 31.8 Å². The zero-order valence-electron chi connectivity index (χ0n) is 15.6. The summed E-state index contributed by atoms with van der Waals surface area (Å²) < 4.78 is 5.01. The number of carbonyl (C=O) groups excluding carboxylic acids is 3. The summed E-state index contributed by atoms with van der Waals surface area (Å²) in [4.78, 5) is 37.6. The lowest BCUT2D eigenvalue weighted by molar-refractivity contribution is -0.147. The summed E-state index contributed by atoms with van der Waals surface area (Å²) >= 11 is 5.77. The standard InChI is InChI=1S/C21H20ClN3O4/c22-17-9-7-16(8-10-17)21(28)24-13-11-20(27)29-15-19(26)25(14-4-12-23)18-5-2-1-3-6-18/h1-3,5-10H,4,11,13-15H2,(H,24,28). The lowest BCUT2D eigenvalue weighted by Gasteiger charge is -2.21. The van der Waals surface area contributed by atoms with Crippen LogP contribution in [0, 0.1) is 11.3 Å². The van der Waals surface area contributed by atoms with Crippen LogP contribution in [0.1, 0.15) is 23.2 Å². The van der Waals surface area contributed by atoms with E-state index in [1.54, 1.807) is 48.5 Å². The van der Waals surface area contributed by atoms with Gasteiger partial charge in [0.05, 0.1) is 18.9 Å². The van der Waals surface area contributed by atoms with Crippen LogP contribution in [0.2, 0.25) is 5.02 Å². The number of rotatable bonds is 9. The zero-order valence-corrected chi connectivity index (χ0v) is 16.4. The van der Waals surface area contributed by atoms with Crippen molar-refractivity contribution >= 4 is 35.1 Å². The van der Waals surface area contributed by atoms with Gasteiger partial charge < -0.3 is 15.0 Å². The second kappa shape index (κ2) is 11.5. The Morgan fingerprint density at radius 2 is 1.76 bits per heavy atom. The van der Waals surface area contributed by atoms with E-state index in [9.17, 15) is 14.4 Å². The summed E-state index contributed by atoms with van der Waals surface area (Å²) in [5.74, 6) is -1.37. The van der Waals surface area contributed by atoms with E-state index in [0.717, 1.165) is 0 Å². The van der Waals surface area contributed by atoms with E-state index < -0.39 is 18.5 Å². The molecule has 0 saturated carbocycles. The number of halogens is 1. The molecule has 0 aromatic heterocycles. The van der Waals surface area contributed by atoms with Gasteiger partial charge in [-0.2, -0.15) is 5.26 Å². The van der Waals surface area contributed by atoms with Crippen LogP contribution in [0.4, 0.5) is 5.69 Å². The van der Waals surface area contributed by atoms with Crippen LogP contribution in [0.3, 0.4) is 0 Å². The molecule has 0 aliphatic carbocycles. The van der Waals surface area contributed by atoms with Crippen molar-refractivity contribution < 1.29 is 19.1 Å².